The summed E-state index contributed by atoms with van der Waals surface area (Å²) in [4.78, 5) is 4.48. The lowest BCUT2D eigenvalue weighted by atomic mass is 10.2. The van der Waals surface area contributed by atoms with Crippen LogP contribution in [0.4, 0.5) is 11.4 Å². The third-order valence-corrected chi connectivity index (χ3v) is 4.29. The molecule has 0 amide bonds. The molecular formula is C18H22N2O4. The molecule has 0 aromatic heterocycles. The number of methoxy groups -OCH3 is 2. The van der Waals surface area contributed by atoms with Crippen LogP contribution in [0.25, 0.3) is 0 Å². The van der Waals surface area contributed by atoms with Crippen molar-refractivity contribution in [1.82, 2.24) is 0 Å². The van der Waals surface area contributed by atoms with Gasteiger partial charge in [-0.2, -0.15) is 0 Å². The molecule has 2 aromatic rings. The van der Waals surface area contributed by atoms with Crippen LogP contribution in [0.2, 0.25) is 0 Å². The second kappa shape index (κ2) is 6.78. The largest absolute Gasteiger partial charge is 0.508 e. The van der Waals surface area contributed by atoms with Crippen LogP contribution in [0.15, 0.2) is 36.4 Å². The normalized spacial score (nSPS) is 14.6. The minimum atomic E-state index is 0.197. The fourth-order valence-corrected chi connectivity index (χ4v) is 3.04. The summed E-state index contributed by atoms with van der Waals surface area (Å²) >= 11 is 0. The molecule has 6 nitrogen and oxygen atoms in total. The van der Waals surface area contributed by atoms with Gasteiger partial charge >= 0.3 is 0 Å². The number of hydrogen-bond acceptors (Lipinski definition) is 6. The Morgan fingerprint density at radius 1 is 0.708 bits per heavy atom. The molecule has 0 aliphatic carbocycles. The monoisotopic (exact) mass is 330 g/mol. The Bertz CT molecular complexity index is 651. The van der Waals surface area contributed by atoms with Crippen molar-refractivity contribution in [3.05, 3.63) is 36.4 Å². The van der Waals surface area contributed by atoms with Crippen molar-refractivity contribution < 1.29 is 19.7 Å². The van der Waals surface area contributed by atoms with E-state index in [1.165, 1.54) is 0 Å². The van der Waals surface area contributed by atoms with E-state index in [1.807, 2.05) is 12.1 Å². The van der Waals surface area contributed by atoms with Crippen LogP contribution >= 0.6 is 0 Å². The lowest BCUT2D eigenvalue weighted by molar-refractivity contribution is 0.404. The van der Waals surface area contributed by atoms with Gasteiger partial charge in [-0.15, -0.1) is 0 Å². The van der Waals surface area contributed by atoms with Crippen LogP contribution in [-0.4, -0.2) is 50.6 Å². The fraction of sp³-hybridized carbons (Fsp3) is 0.333. The zero-order valence-corrected chi connectivity index (χ0v) is 13.9. The van der Waals surface area contributed by atoms with E-state index in [9.17, 15) is 10.2 Å². The molecule has 2 N–H and O–H groups in total. The number of anilines is 2. The van der Waals surface area contributed by atoms with Crippen molar-refractivity contribution in [3.8, 4) is 23.0 Å². The average Bonchev–Trinajstić information content (AvgIpc) is 2.61. The van der Waals surface area contributed by atoms with Gasteiger partial charge in [0, 0.05) is 38.3 Å². The van der Waals surface area contributed by atoms with Crippen molar-refractivity contribution in [2.75, 3.05) is 50.2 Å². The second-order valence-electron chi connectivity index (χ2n) is 5.69. The van der Waals surface area contributed by atoms with Crippen molar-refractivity contribution in [2.45, 2.75) is 0 Å². The average molecular weight is 330 g/mol. The van der Waals surface area contributed by atoms with Crippen LogP contribution in [-0.2, 0) is 0 Å². The molecule has 1 heterocycles. The molecule has 24 heavy (non-hydrogen) atoms. The van der Waals surface area contributed by atoms with Gasteiger partial charge in [-0.1, -0.05) is 0 Å². The maximum absolute atomic E-state index is 9.60. The number of ether oxygens (including phenoxy) is 2. The summed E-state index contributed by atoms with van der Waals surface area (Å²) in [5.74, 6) is 1.74. The zero-order chi connectivity index (χ0) is 17.1. The number of aromatic hydroxyl groups is 2. The highest BCUT2D eigenvalue weighted by molar-refractivity contribution is 5.64. The molecule has 128 valence electrons. The molecule has 0 bridgehead atoms. The van der Waals surface area contributed by atoms with Gasteiger partial charge in [-0.25, -0.2) is 0 Å². The Hall–Kier alpha value is -2.76. The highest BCUT2D eigenvalue weighted by Gasteiger charge is 2.22. The van der Waals surface area contributed by atoms with E-state index in [0.29, 0.717) is 11.5 Å². The summed E-state index contributed by atoms with van der Waals surface area (Å²) in [7, 11) is 3.21. The van der Waals surface area contributed by atoms with Crippen LogP contribution in [0, 0.1) is 0 Å². The summed E-state index contributed by atoms with van der Waals surface area (Å²) < 4.78 is 10.8. The van der Waals surface area contributed by atoms with E-state index in [2.05, 4.69) is 9.80 Å². The third-order valence-electron chi connectivity index (χ3n) is 4.29. The topological polar surface area (TPSA) is 65.4 Å². The third kappa shape index (κ3) is 3.13. The van der Waals surface area contributed by atoms with E-state index in [-0.39, 0.29) is 11.5 Å². The Morgan fingerprint density at radius 3 is 1.42 bits per heavy atom. The molecule has 0 atom stereocenters. The standard InChI is InChI=1S/C18H22N2O4/c1-23-17-11-13(21)3-5-15(17)19-7-9-20(10-8-19)16-6-4-14(22)12-18(16)24-2/h3-6,11-12,21-22H,7-10H2,1-2H3. The first-order valence-electron chi connectivity index (χ1n) is 7.86. The number of phenolic OH excluding ortho intramolecular Hbond substituents is 2. The quantitative estimate of drug-likeness (QED) is 0.898. The zero-order valence-electron chi connectivity index (χ0n) is 13.9. The van der Waals surface area contributed by atoms with Crippen LogP contribution in [0.5, 0.6) is 23.0 Å². The van der Waals surface area contributed by atoms with Gasteiger partial charge in [0.25, 0.3) is 0 Å². The van der Waals surface area contributed by atoms with Gasteiger partial charge in [0.2, 0.25) is 0 Å². The van der Waals surface area contributed by atoms with Crippen LogP contribution in [0.3, 0.4) is 0 Å². The summed E-state index contributed by atoms with van der Waals surface area (Å²) in [5, 5.41) is 19.2. The number of phenols is 2. The van der Waals surface area contributed by atoms with E-state index in [1.54, 1.807) is 38.5 Å². The Morgan fingerprint density at radius 2 is 1.08 bits per heavy atom. The first-order valence-corrected chi connectivity index (χ1v) is 7.86. The molecule has 0 unspecified atom stereocenters. The predicted octanol–water partition coefficient (Wildman–Crippen LogP) is 2.44. The van der Waals surface area contributed by atoms with Gasteiger partial charge in [0.15, 0.2) is 0 Å². The molecule has 0 saturated carbocycles. The number of rotatable bonds is 4. The highest BCUT2D eigenvalue weighted by Crippen LogP contribution is 2.35. The predicted molar refractivity (Wildman–Crippen MR) is 93.7 cm³/mol. The number of hydrogen-bond donors (Lipinski definition) is 2. The Labute approximate surface area is 141 Å². The fourth-order valence-electron chi connectivity index (χ4n) is 3.04. The van der Waals surface area contributed by atoms with E-state index < -0.39 is 0 Å². The van der Waals surface area contributed by atoms with Crippen molar-refractivity contribution in [2.24, 2.45) is 0 Å². The summed E-state index contributed by atoms with van der Waals surface area (Å²) in [6.45, 7) is 3.30. The lowest BCUT2D eigenvalue weighted by Gasteiger charge is -2.38. The molecule has 0 radical (unpaired) electrons. The maximum atomic E-state index is 9.60. The SMILES string of the molecule is COc1cc(O)ccc1N1CCN(c2ccc(O)cc2OC)CC1. The van der Waals surface area contributed by atoms with Crippen LogP contribution in [0.1, 0.15) is 0 Å². The molecule has 1 fully saturated rings. The second-order valence-corrected chi connectivity index (χ2v) is 5.69. The van der Waals surface area contributed by atoms with Gasteiger partial charge in [0.05, 0.1) is 25.6 Å². The molecule has 6 heteroatoms. The van der Waals surface area contributed by atoms with Crippen LogP contribution < -0.4 is 19.3 Å². The Kier molecular flexibility index (Phi) is 4.55. The van der Waals surface area contributed by atoms with E-state index >= 15 is 0 Å². The Balaban J connectivity index is 1.75. The minimum Gasteiger partial charge on any atom is -0.508 e. The van der Waals surface area contributed by atoms with Crippen molar-refractivity contribution in [3.63, 3.8) is 0 Å². The summed E-state index contributed by atoms with van der Waals surface area (Å²) in [5.41, 5.74) is 1.96. The maximum Gasteiger partial charge on any atom is 0.145 e. The molecule has 0 spiro atoms. The first kappa shape index (κ1) is 16.1. The lowest BCUT2D eigenvalue weighted by Crippen LogP contribution is -2.46. The highest BCUT2D eigenvalue weighted by atomic mass is 16.5. The minimum absolute atomic E-state index is 0.197. The molecule has 1 aliphatic heterocycles. The van der Waals surface area contributed by atoms with Crippen molar-refractivity contribution >= 4 is 11.4 Å². The van der Waals surface area contributed by atoms with Gasteiger partial charge < -0.3 is 29.5 Å². The molecule has 2 aromatic carbocycles. The number of nitrogens with zero attached hydrogens (tertiary/aromatic N) is 2. The summed E-state index contributed by atoms with van der Waals surface area (Å²) in [6.07, 6.45) is 0. The van der Waals surface area contributed by atoms with Gasteiger partial charge in [0.1, 0.15) is 23.0 Å². The molecule has 1 aliphatic rings. The molecule has 1 saturated heterocycles. The first-order chi connectivity index (χ1) is 11.6. The number of piperazine rings is 1. The summed E-state index contributed by atoms with van der Waals surface area (Å²) in [6, 6.07) is 10.4. The molecule has 3 rings (SSSR count). The van der Waals surface area contributed by atoms with E-state index in [0.717, 1.165) is 37.6 Å². The van der Waals surface area contributed by atoms with Gasteiger partial charge in [-0.05, 0) is 24.3 Å². The van der Waals surface area contributed by atoms with Gasteiger partial charge in [-0.3, -0.25) is 0 Å². The van der Waals surface area contributed by atoms with Crippen molar-refractivity contribution in [1.29, 1.82) is 0 Å². The molecular weight excluding hydrogens is 308 g/mol. The smallest absolute Gasteiger partial charge is 0.145 e. The van der Waals surface area contributed by atoms with E-state index in [4.69, 9.17) is 9.47 Å². The number of benzene rings is 2.